The van der Waals surface area contributed by atoms with Gasteiger partial charge in [-0.3, -0.25) is 14.6 Å². The minimum absolute atomic E-state index is 0.00178. The summed E-state index contributed by atoms with van der Waals surface area (Å²) in [5.74, 6) is -0.166. The van der Waals surface area contributed by atoms with Gasteiger partial charge in [0.15, 0.2) is 15.5 Å². The second kappa shape index (κ2) is 9.65. The van der Waals surface area contributed by atoms with Gasteiger partial charge in [0, 0.05) is 29.9 Å². The fourth-order valence-corrected chi connectivity index (χ4v) is 5.13. The van der Waals surface area contributed by atoms with E-state index in [4.69, 9.17) is 10.1 Å². The Balaban J connectivity index is 1.99. The van der Waals surface area contributed by atoms with Crippen molar-refractivity contribution in [2.24, 2.45) is 0 Å². The minimum Gasteiger partial charge on any atom is -0.495 e. The Kier molecular flexibility index (Phi) is 7.24. The van der Waals surface area contributed by atoms with E-state index in [1.165, 1.54) is 47.4 Å². The molecule has 0 radical (unpaired) electrons. The van der Waals surface area contributed by atoms with Crippen LogP contribution in [0.4, 0.5) is 0 Å². The van der Waals surface area contributed by atoms with Crippen LogP contribution in [-0.2, 0) is 14.6 Å². The fraction of sp³-hybridized carbons (Fsp3) is 0.364. The van der Waals surface area contributed by atoms with Gasteiger partial charge in [-0.05, 0) is 27.7 Å². The molecule has 182 valence electrons. The molecule has 3 rings (SSSR count). The molecule has 0 saturated heterocycles. The molecule has 0 fully saturated rings. The molecule has 1 atom stereocenters. The van der Waals surface area contributed by atoms with E-state index >= 15 is 0 Å². The SMILES string of the molecule is C[NH2+]/C(=C\C(=N)c1cnc2cc(OC)c(S(=O)(=O)C(C)(C)C)cn12)C(=O)N[C@H](C)c1nccs1. The van der Waals surface area contributed by atoms with Crippen LogP contribution in [0.25, 0.3) is 5.65 Å². The molecule has 4 N–H and O–H groups in total. The van der Waals surface area contributed by atoms with Crippen molar-refractivity contribution in [2.75, 3.05) is 14.2 Å². The Labute approximate surface area is 202 Å². The number of carbonyl (C=O) groups excluding carboxylic acids is 1. The summed E-state index contributed by atoms with van der Waals surface area (Å²) in [5.41, 5.74) is 1.05. The molecule has 10 nitrogen and oxygen atoms in total. The molecule has 0 saturated carbocycles. The molecule has 3 heterocycles. The summed E-state index contributed by atoms with van der Waals surface area (Å²) in [6.45, 7) is 6.67. The number of nitrogens with two attached hydrogens (primary N) is 1. The van der Waals surface area contributed by atoms with Crippen LogP contribution >= 0.6 is 11.3 Å². The van der Waals surface area contributed by atoms with Gasteiger partial charge in [0.1, 0.15) is 21.3 Å². The molecule has 0 aliphatic heterocycles. The third-order valence-electron chi connectivity index (χ3n) is 5.21. The highest BCUT2D eigenvalue weighted by Gasteiger charge is 2.34. The molecule has 3 aromatic heterocycles. The zero-order chi connectivity index (χ0) is 25.3. The number of pyridine rings is 1. The summed E-state index contributed by atoms with van der Waals surface area (Å²) in [6.07, 6.45) is 5.98. The smallest absolute Gasteiger partial charge is 0.305 e. The van der Waals surface area contributed by atoms with Gasteiger partial charge in [0.25, 0.3) is 0 Å². The largest absolute Gasteiger partial charge is 0.495 e. The van der Waals surface area contributed by atoms with E-state index in [1.54, 1.807) is 39.3 Å². The number of quaternary nitrogens is 1. The molecule has 0 aliphatic carbocycles. The first-order valence-electron chi connectivity index (χ1n) is 10.5. The number of ether oxygens (including phenoxy) is 1. The number of likely N-dealkylation sites (N-methyl/N-ethyl adjacent to an activating group) is 1. The number of rotatable bonds is 8. The van der Waals surface area contributed by atoms with E-state index in [0.717, 1.165) is 5.01 Å². The lowest BCUT2D eigenvalue weighted by molar-refractivity contribution is -0.570. The van der Waals surface area contributed by atoms with Gasteiger partial charge in [0.2, 0.25) is 0 Å². The van der Waals surface area contributed by atoms with E-state index in [0.29, 0.717) is 17.0 Å². The number of nitrogens with one attached hydrogen (secondary N) is 2. The van der Waals surface area contributed by atoms with Gasteiger partial charge in [0.05, 0.1) is 42.5 Å². The lowest BCUT2D eigenvalue weighted by atomic mass is 10.2. The molecule has 0 aromatic carbocycles. The Morgan fingerprint density at radius 1 is 1.35 bits per heavy atom. The van der Waals surface area contributed by atoms with Crippen molar-refractivity contribution in [2.45, 2.75) is 43.4 Å². The Hall–Kier alpha value is -3.09. The highest BCUT2D eigenvalue weighted by molar-refractivity contribution is 7.92. The van der Waals surface area contributed by atoms with E-state index in [9.17, 15) is 13.2 Å². The van der Waals surface area contributed by atoms with Crippen LogP contribution in [0.3, 0.4) is 0 Å². The number of hydrogen-bond donors (Lipinski definition) is 3. The van der Waals surface area contributed by atoms with Crippen LogP contribution in [0, 0.1) is 5.41 Å². The zero-order valence-corrected chi connectivity index (χ0v) is 21.5. The summed E-state index contributed by atoms with van der Waals surface area (Å²) in [7, 11) is -0.634. The average molecular weight is 506 g/mol. The molecule has 34 heavy (non-hydrogen) atoms. The van der Waals surface area contributed by atoms with Crippen molar-refractivity contribution in [3.63, 3.8) is 0 Å². The molecule has 0 bridgehead atoms. The van der Waals surface area contributed by atoms with E-state index in [2.05, 4.69) is 15.3 Å². The molecule has 3 aromatic rings. The number of aromatic nitrogens is 3. The van der Waals surface area contributed by atoms with Crippen LogP contribution < -0.4 is 15.4 Å². The van der Waals surface area contributed by atoms with Gasteiger partial charge in [-0.2, -0.15) is 0 Å². The first kappa shape index (κ1) is 25.5. The number of imidazole rings is 1. The van der Waals surface area contributed by atoms with Crippen molar-refractivity contribution in [1.29, 1.82) is 5.41 Å². The summed E-state index contributed by atoms with van der Waals surface area (Å²) in [4.78, 5) is 21.3. The van der Waals surface area contributed by atoms with Crippen molar-refractivity contribution in [3.05, 3.63) is 52.5 Å². The maximum atomic E-state index is 13.2. The van der Waals surface area contributed by atoms with Crippen molar-refractivity contribution >= 4 is 38.4 Å². The van der Waals surface area contributed by atoms with Crippen LogP contribution in [0.15, 0.2) is 46.7 Å². The highest BCUT2D eigenvalue weighted by atomic mass is 32.2. The second-order valence-corrected chi connectivity index (χ2v) is 12.2. The average Bonchev–Trinajstić information content (AvgIpc) is 3.45. The van der Waals surface area contributed by atoms with Crippen LogP contribution in [-0.4, -0.2) is 53.3 Å². The number of sulfone groups is 1. The van der Waals surface area contributed by atoms with E-state index < -0.39 is 14.6 Å². The summed E-state index contributed by atoms with van der Waals surface area (Å²) in [6, 6.07) is 1.24. The van der Waals surface area contributed by atoms with Gasteiger partial charge < -0.3 is 15.4 Å². The first-order chi connectivity index (χ1) is 15.9. The second-order valence-electron chi connectivity index (χ2n) is 8.56. The predicted octanol–water partition coefficient (Wildman–Crippen LogP) is 1.69. The number of fused-ring (bicyclic) bond motifs is 1. The number of hydrogen-bond acceptors (Lipinski definition) is 8. The normalized spacial score (nSPS) is 13.6. The summed E-state index contributed by atoms with van der Waals surface area (Å²) < 4.78 is 32.1. The molecule has 12 heteroatoms. The third kappa shape index (κ3) is 4.88. The van der Waals surface area contributed by atoms with Crippen molar-refractivity contribution < 1.29 is 23.3 Å². The first-order valence-corrected chi connectivity index (χ1v) is 12.9. The Bertz CT molecular complexity index is 1350. The number of carbonyl (C=O) groups is 1. The molecular formula is C22H29N6O4S2+. The van der Waals surface area contributed by atoms with Crippen LogP contribution in [0.5, 0.6) is 5.75 Å². The minimum atomic E-state index is -3.74. The maximum absolute atomic E-state index is 13.2. The standard InChI is InChI=1S/C22H28N6O4S2/c1-13(21-25-7-8-33-21)27-20(29)15(24-5)9-14(23)16-11-26-19-10-17(32-6)18(12-28(16)19)34(30,31)22(2,3)4/h7-13,23-24H,1-6H3,(H,27,29)/p+1/b15-9-,23-14?/t13-/m1/s1. The van der Waals surface area contributed by atoms with Crippen LogP contribution in [0.2, 0.25) is 0 Å². The Morgan fingerprint density at radius 2 is 2.06 bits per heavy atom. The molecule has 0 aliphatic rings. The molecule has 0 unspecified atom stereocenters. The van der Waals surface area contributed by atoms with Crippen molar-refractivity contribution in [3.8, 4) is 5.75 Å². The van der Waals surface area contributed by atoms with Gasteiger partial charge in [-0.15, -0.1) is 11.3 Å². The lowest BCUT2D eigenvalue weighted by Gasteiger charge is -2.21. The molecule has 1 amide bonds. The molecular weight excluding hydrogens is 476 g/mol. The number of amides is 1. The number of allylic oxidation sites excluding steroid dienone is 1. The quantitative estimate of drug-likeness (QED) is 0.314. The zero-order valence-electron chi connectivity index (χ0n) is 19.9. The third-order valence-corrected chi connectivity index (χ3v) is 8.67. The van der Waals surface area contributed by atoms with E-state index in [-0.39, 0.29) is 28.3 Å². The topological polar surface area (TPSA) is 143 Å². The monoisotopic (exact) mass is 505 g/mol. The number of thiazole rings is 1. The fourth-order valence-electron chi connectivity index (χ4n) is 3.18. The lowest BCUT2D eigenvalue weighted by Crippen LogP contribution is -2.80. The maximum Gasteiger partial charge on any atom is 0.305 e. The highest BCUT2D eigenvalue weighted by Crippen LogP contribution is 2.33. The molecule has 0 spiro atoms. The number of methoxy groups -OCH3 is 1. The summed E-state index contributed by atoms with van der Waals surface area (Å²) >= 11 is 1.44. The van der Waals surface area contributed by atoms with Gasteiger partial charge in [-0.25, -0.2) is 18.4 Å². The van der Waals surface area contributed by atoms with E-state index in [1.807, 2.05) is 12.3 Å². The van der Waals surface area contributed by atoms with Gasteiger partial charge in [-0.1, -0.05) is 0 Å². The van der Waals surface area contributed by atoms with Crippen LogP contribution in [0.1, 0.15) is 44.4 Å². The number of nitrogens with zero attached hydrogens (tertiary/aromatic N) is 3. The Morgan fingerprint density at radius 3 is 2.62 bits per heavy atom. The van der Waals surface area contributed by atoms with Gasteiger partial charge >= 0.3 is 5.91 Å². The predicted molar refractivity (Wildman–Crippen MR) is 130 cm³/mol. The van der Waals surface area contributed by atoms with Crippen molar-refractivity contribution in [1.82, 2.24) is 19.7 Å². The summed E-state index contributed by atoms with van der Waals surface area (Å²) in [5, 5.41) is 15.7.